The summed E-state index contributed by atoms with van der Waals surface area (Å²) in [5, 5.41) is 3.74. The minimum absolute atomic E-state index is 0.0715. The van der Waals surface area contributed by atoms with Crippen molar-refractivity contribution in [2.75, 3.05) is 57.9 Å². The number of halogens is 3. The molecule has 40 heavy (non-hydrogen) atoms. The van der Waals surface area contributed by atoms with Gasteiger partial charge in [-0.3, -0.25) is 4.79 Å². The van der Waals surface area contributed by atoms with Gasteiger partial charge in [0.2, 0.25) is 5.91 Å². The molecular formula is C28H42F3N5O4. The molecule has 0 radical (unpaired) electrons. The second-order valence-corrected chi connectivity index (χ2v) is 11.4. The van der Waals surface area contributed by atoms with Gasteiger partial charge in [0.05, 0.1) is 30.2 Å². The van der Waals surface area contributed by atoms with Crippen molar-refractivity contribution in [3.8, 4) is 0 Å². The summed E-state index contributed by atoms with van der Waals surface area (Å²) in [4.78, 5) is 35.7. The van der Waals surface area contributed by atoms with E-state index in [4.69, 9.17) is 9.47 Å². The number of amides is 2. The Morgan fingerprint density at radius 2 is 1.88 bits per heavy atom. The number of alkyl halides is 3. The number of aromatic nitrogens is 1. The Balaban J connectivity index is 1.35. The Morgan fingerprint density at radius 1 is 1.15 bits per heavy atom. The summed E-state index contributed by atoms with van der Waals surface area (Å²) >= 11 is 0. The second kappa shape index (κ2) is 12.5. The van der Waals surface area contributed by atoms with Crippen molar-refractivity contribution in [1.29, 1.82) is 0 Å². The van der Waals surface area contributed by atoms with Crippen LogP contribution in [0, 0.1) is 11.3 Å². The van der Waals surface area contributed by atoms with Crippen LogP contribution in [0.15, 0.2) is 18.3 Å². The molecule has 1 aliphatic carbocycles. The van der Waals surface area contributed by atoms with Crippen LogP contribution in [0.4, 0.5) is 23.8 Å². The molecule has 2 unspecified atom stereocenters. The third-order valence-electron chi connectivity index (χ3n) is 8.88. The average Bonchev–Trinajstić information content (AvgIpc) is 3.38. The number of nitrogens with zero attached hydrogens (tertiary/aromatic N) is 4. The Labute approximate surface area is 234 Å². The molecule has 3 fully saturated rings. The first-order chi connectivity index (χ1) is 19.0. The maximum Gasteiger partial charge on any atom is 0.416 e. The van der Waals surface area contributed by atoms with E-state index in [2.05, 4.69) is 24.1 Å². The molecule has 2 aliphatic heterocycles. The SMILES string of the molecule is CCOC(=O)N1CCC(N[C@H]2CC[C@](C(=O)N3CCN(c4cc(C(F)(F)F)ccn4)CC3)(C(C)C)C2)C(OC)C1. The smallest absolute Gasteiger partial charge is 0.416 e. The van der Waals surface area contributed by atoms with Gasteiger partial charge in [0.15, 0.2) is 0 Å². The van der Waals surface area contributed by atoms with Gasteiger partial charge in [0.1, 0.15) is 5.82 Å². The normalized spacial score (nSPS) is 27.8. The molecule has 2 saturated heterocycles. The maximum atomic E-state index is 14.0. The van der Waals surface area contributed by atoms with Gasteiger partial charge in [-0.15, -0.1) is 0 Å². The zero-order valence-electron chi connectivity index (χ0n) is 23.9. The Hall–Kier alpha value is -2.60. The molecule has 2 amide bonds. The summed E-state index contributed by atoms with van der Waals surface area (Å²) in [5.74, 6) is 0.551. The Morgan fingerprint density at radius 3 is 2.50 bits per heavy atom. The average molecular weight is 570 g/mol. The molecule has 3 heterocycles. The Kier molecular flexibility index (Phi) is 9.49. The van der Waals surface area contributed by atoms with Crippen molar-refractivity contribution in [3.05, 3.63) is 23.9 Å². The van der Waals surface area contributed by atoms with Crippen LogP contribution >= 0.6 is 0 Å². The number of piperidine rings is 1. The number of carbonyl (C=O) groups is 2. The molecule has 1 aromatic rings. The van der Waals surface area contributed by atoms with E-state index >= 15 is 0 Å². The largest absolute Gasteiger partial charge is 0.450 e. The van der Waals surface area contributed by atoms with Gasteiger partial charge in [0, 0.05) is 58.1 Å². The zero-order valence-corrected chi connectivity index (χ0v) is 23.9. The van der Waals surface area contributed by atoms with Gasteiger partial charge in [0.25, 0.3) is 0 Å². The lowest BCUT2D eigenvalue weighted by atomic mass is 9.74. The van der Waals surface area contributed by atoms with Gasteiger partial charge < -0.3 is 29.5 Å². The monoisotopic (exact) mass is 569 g/mol. The molecule has 1 aromatic heterocycles. The van der Waals surface area contributed by atoms with E-state index in [0.29, 0.717) is 52.3 Å². The van der Waals surface area contributed by atoms with Gasteiger partial charge in [-0.05, 0) is 50.7 Å². The fourth-order valence-corrected chi connectivity index (χ4v) is 6.43. The summed E-state index contributed by atoms with van der Waals surface area (Å²) in [5.41, 5.74) is -1.22. The van der Waals surface area contributed by atoms with E-state index in [9.17, 15) is 22.8 Å². The number of pyridine rings is 1. The molecule has 4 rings (SSSR count). The molecule has 1 N–H and O–H groups in total. The molecule has 0 aromatic carbocycles. The molecular weight excluding hydrogens is 527 g/mol. The van der Waals surface area contributed by atoms with Gasteiger partial charge in [-0.1, -0.05) is 13.8 Å². The van der Waals surface area contributed by atoms with Crippen LogP contribution in [0.2, 0.25) is 0 Å². The van der Waals surface area contributed by atoms with Crippen LogP contribution in [0.3, 0.4) is 0 Å². The van der Waals surface area contributed by atoms with E-state index in [1.165, 1.54) is 6.20 Å². The van der Waals surface area contributed by atoms with E-state index in [1.807, 2.05) is 9.80 Å². The van der Waals surface area contributed by atoms with Gasteiger partial charge in [-0.2, -0.15) is 13.2 Å². The number of anilines is 1. The van der Waals surface area contributed by atoms with Crippen molar-refractivity contribution in [2.24, 2.45) is 11.3 Å². The molecule has 3 aliphatic rings. The molecule has 9 nitrogen and oxygen atoms in total. The lowest BCUT2D eigenvalue weighted by Crippen LogP contribution is -2.57. The predicted molar refractivity (Wildman–Crippen MR) is 144 cm³/mol. The molecule has 12 heteroatoms. The number of rotatable bonds is 7. The van der Waals surface area contributed by atoms with Crippen molar-refractivity contribution in [3.63, 3.8) is 0 Å². The number of ether oxygens (including phenoxy) is 2. The first-order valence-electron chi connectivity index (χ1n) is 14.3. The standard InChI is InChI=1S/C28H42F3N5O4/c1-5-40-26(38)36-11-8-22(23(18-36)39-4)33-21-6-9-27(17-21,19(2)3)25(37)35-14-12-34(13-15-35)24-16-20(7-10-32-24)28(29,30)31/h7,10,16,19,21-23,33H,5-6,8-9,11-15,17-18H2,1-4H3/t21-,22?,23?,27+/m0/s1. The Bertz CT molecular complexity index is 1030. The minimum Gasteiger partial charge on any atom is -0.450 e. The quantitative estimate of drug-likeness (QED) is 0.535. The number of carbonyl (C=O) groups excluding carboxylic acids is 2. The summed E-state index contributed by atoms with van der Waals surface area (Å²) in [7, 11) is 1.65. The number of nitrogens with one attached hydrogen (secondary N) is 1. The van der Waals surface area contributed by atoms with Crippen LogP contribution < -0.4 is 10.2 Å². The fraction of sp³-hybridized carbons (Fsp3) is 0.750. The highest BCUT2D eigenvalue weighted by Crippen LogP contribution is 2.46. The van der Waals surface area contributed by atoms with Crippen LogP contribution in [-0.2, 0) is 20.4 Å². The van der Waals surface area contributed by atoms with Crippen molar-refractivity contribution >= 4 is 17.8 Å². The van der Waals surface area contributed by atoms with Crippen LogP contribution in [0.25, 0.3) is 0 Å². The highest BCUT2D eigenvalue weighted by molar-refractivity contribution is 5.84. The number of piperazine rings is 1. The second-order valence-electron chi connectivity index (χ2n) is 11.4. The third-order valence-corrected chi connectivity index (χ3v) is 8.88. The van der Waals surface area contributed by atoms with E-state index < -0.39 is 17.2 Å². The first kappa shape index (κ1) is 30.4. The maximum absolute atomic E-state index is 14.0. The molecule has 224 valence electrons. The third kappa shape index (κ3) is 6.48. The predicted octanol–water partition coefficient (Wildman–Crippen LogP) is 3.78. The highest BCUT2D eigenvalue weighted by Gasteiger charge is 2.50. The van der Waals surface area contributed by atoms with Gasteiger partial charge in [-0.25, -0.2) is 9.78 Å². The summed E-state index contributed by atoms with van der Waals surface area (Å²) < 4.78 is 50.4. The fourth-order valence-electron chi connectivity index (χ4n) is 6.43. The van der Waals surface area contributed by atoms with Crippen molar-refractivity contribution in [1.82, 2.24) is 20.1 Å². The number of methoxy groups -OCH3 is 1. The van der Waals surface area contributed by atoms with Gasteiger partial charge >= 0.3 is 12.3 Å². The lowest BCUT2D eigenvalue weighted by Gasteiger charge is -2.42. The van der Waals surface area contributed by atoms with E-state index in [0.717, 1.165) is 31.4 Å². The lowest BCUT2D eigenvalue weighted by molar-refractivity contribution is -0.145. The zero-order chi connectivity index (χ0) is 29.1. The number of hydrogen-bond acceptors (Lipinski definition) is 7. The van der Waals surface area contributed by atoms with E-state index in [-0.39, 0.29) is 41.9 Å². The summed E-state index contributed by atoms with van der Waals surface area (Å²) in [6.07, 6.45) is -0.632. The first-order valence-corrected chi connectivity index (χ1v) is 14.3. The topological polar surface area (TPSA) is 87.2 Å². The van der Waals surface area contributed by atoms with Crippen LogP contribution in [-0.4, -0.2) is 98.0 Å². The minimum atomic E-state index is -4.42. The molecule has 4 atom stereocenters. The summed E-state index contributed by atoms with van der Waals surface area (Å²) in [6.45, 7) is 9.12. The van der Waals surface area contributed by atoms with E-state index in [1.54, 1.807) is 18.9 Å². The highest BCUT2D eigenvalue weighted by atomic mass is 19.4. The molecule has 0 spiro atoms. The molecule has 0 bridgehead atoms. The van der Waals surface area contributed by atoms with Crippen LogP contribution in [0.1, 0.15) is 52.0 Å². The molecule has 1 saturated carbocycles. The van der Waals surface area contributed by atoms with Crippen LogP contribution in [0.5, 0.6) is 0 Å². The summed E-state index contributed by atoms with van der Waals surface area (Å²) in [6, 6.07) is 2.27. The number of likely N-dealkylation sites (tertiary alicyclic amines) is 1. The van der Waals surface area contributed by atoms with Crippen molar-refractivity contribution < 1.29 is 32.2 Å². The number of hydrogen-bond donors (Lipinski definition) is 1. The van der Waals surface area contributed by atoms with Crippen molar-refractivity contribution in [2.45, 2.75) is 70.8 Å².